The van der Waals surface area contributed by atoms with Gasteiger partial charge in [-0.15, -0.1) is 0 Å². The summed E-state index contributed by atoms with van der Waals surface area (Å²) in [6.45, 7) is 3.08. The molecular formula is C11H14ClN3O2. The lowest BCUT2D eigenvalue weighted by molar-refractivity contribution is -0.141. The number of aromatic nitrogens is 2. The minimum absolute atomic E-state index is 0.341. The molecule has 1 aliphatic rings. The van der Waals surface area contributed by atoms with Gasteiger partial charge in [-0.25, -0.2) is 9.97 Å². The molecule has 0 radical (unpaired) electrons. The highest BCUT2D eigenvalue weighted by Crippen LogP contribution is 2.22. The van der Waals surface area contributed by atoms with Crippen LogP contribution in [-0.4, -0.2) is 34.1 Å². The lowest BCUT2D eigenvalue weighted by Gasteiger charge is -2.30. The summed E-state index contributed by atoms with van der Waals surface area (Å²) in [6.07, 6.45) is 1.55. The van der Waals surface area contributed by atoms with Gasteiger partial charge in [0.15, 0.2) is 0 Å². The Morgan fingerprint density at radius 1 is 1.59 bits per heavy atom. The first-order valence-corrected chi connectivity index (χ1v) is 5.93. The second-order valence-corrected chi connectivity index (χ2v) is 4.64. The molecule has 1 saturated heterocycles. The first-order valence-electron chi connectivity index (χ1n) is 5.55. The number of aliphatic carboxylic acids is 1. The Balaban J connectivity index is 2.18. The molecule has 1 N–H and O–H groups in total. The number of carboxylic acids is 1. The van der Waals surface area contributed by atoms with Crippen molar-refractivity contribution in [2.24, 2.45) is 5.92 Å². The molecule has 0 spiro atoms. The molecule has 0 unspecified atom stereocenters. The van der Waals surface area contributed by atoms with Crippen LogP contribution in [0.25, 0.3) is 0 Å². The van der Waals surface area contributed by atoms with E-state index in [9.17, 15) is 4.79 Å². The molecule has 6 heteroatoms. The van der Waals surface area contributed by atoms with E-state index in [0.29, 0.717) is 24.1 Å². The van der Waals surface area contributed by atoms with Crippen molar-refractivity contribution in [3.63, 3.8) is 0 Å². The summed E-state index contributed by atoms with van der Waals surface area (Å²) in [5.41, 5.74) is 0.789. The molecule has 1 aliphatic heterocycles. The molecule has 92 valence electrons. The van der Waals surface area contributed by atoms with Crippen molar-refractivity contribution in [3.8, 4) is 0 Å². The molecule has 0 aliphatic carbocycles. The maximum Gasteiger partial charge on any atom is 0.308 e. The van der Waals surface area contributed by atoms with Crippen molar-refractivity contribution in [1.29, 1.82) is 0 Å². The summed E-state index contributed by atoms with van der Waals surface area (Å²) in [5.74, 6) is -0.568. The van der Waals surface area contributed by atoms with Gasteiger partial charge in [0, 0.05) is 18.8 Å². The number of piperidine rings is 1. The largest absolute Gasteiger partial charge is 0.481 e. The Kier molecular flexibility index (Phi) is 3.47. The van der Waals surface area contributed by atoms with Gasteiger partial charge in [-0.3, -0.25) is 4.79 Å². The summed E-state index contributed by atoms with van der Waals surface area (Å²) in [4.78, 5) is 21.3. The number of aryl methyl sites for hydroxylation is 1. The number of carbonyl (C=O) groups is 1. The van der Waals surface area contributed by atoms with Crippen LogP contribution >= 0.6 is 11.6 Å². The van der Waals surface area contributed by atoms with Crippen LogP contribution in [0.15, 0.2) is 6.07 Å². The molecule has 2 heterocycles. The number of hydrogen-bond acceptors (Lipinski definition) is 4. The first-order chi connectivity index (χ1) is 8.06. The van der Waals surface area contributed by atoms with Crippen LogP contribution < -0.4 is 4.90 Å². The first kappa shape index (κ1) is 12.1. The second kappa shape index (κ2) is 4.87. The van der Waals surface area contributed by atoms with E-state index in [1.54, 1.807) is 6.07 Å². The van der Waals surface area contributed by atoms with Crippen LogP contribution in [0.1, 0.15) is 18.5 Å². The zero-order valence-corrected chi connectivity index (χ0v) is 10.3. The van der Waals surface area contributed by atoms with E-state index in [1.807, 2.05) is 11.8 Å². The normalized spacial score (nSPS) is 20.4. The Morgan fingerprint density at radius 3 is 3.00 bits per heavy atom. The van der Waals surface area contributed by atoms with Gasteiger partial charge in [0.05, 0.1) is 5.92 Å². The molecule has 17 heavy (non-hydrogen) atoms. The Hall–Kier alpha value is -1.36. The fourth-order valence-electron chi connectivity index (χ4n) is 2.02. The summed E-state index contributed by atoms with van der Waals surface area (Å²) in [7, 11) is 0. The van der Waals surface area contributed by atoms with Gasteiger partial charge in [-0.2, -0.15) is 0 Å². The molecule has 1 aromatic heterocycles. The highest BCUT2D eigenvalue weighted by molar-refractivity contribution is 6.29. The quantitative estimate of drug-likeness (QED) is 0.816. The third-order valence-electron chi connectivity index (χ3n) is 2.86. The lowest BCUT2D eigenvalue weighted by atomic mass is 9.99. The minimum atomic E-state index is -0.756. The fourth-order valence-corrected chi connectivity index (χ4v) is 2.25. The van der Waals surface area contributed by atoms with Crippen molar-refractivity contribution in [2.75, 3.05) is 18.0 Å². The Morgan fingerprint density at radius 2 is 2.35 bits per heavy atom. The summed E-state index contributed by atoms with van der Waals surface area (Å²) < 4.78 is 0. The average Bonchev–Trinajstić information content (AvgIpc) is 2.28. The van der Waals surface area contributed by atoms with E-state index in [4.69, 9.17) is 16.7 Å². The van der Waals surface area contributed by atoms with Crippen molar-refractivity contribution in [1.82, 2.24) is 9.97 Å². The van der Waals surface area contributed by atoms with Crippen molar-refractivity contribution in [2.45, 2.75) is 19.8 Å². The van der Waals surface area contributed by atoms with E-state index in [0.717, 1.165) is 18.7 Å². The zero-order chi connectivity index (χ0) is 12.4. The third-order valence-corrected chi connectivity index (χ3v) is 3.06. The fraction of sp³-hybridized carbons (Fsp3) is 0.545. The highest BCUT2D eigenvalue weighted by atomic mass is 35.5. The van der Waals surface area contributed by atoms with Crippen LogP contribution in [0.2, 0.25) is 5.15 Å². The topological polar surface area (TPSA) is 66.3 Å². The number of anilines is 1. The van der Waals surface area contributed by atoms with Gasteiger partial charge in [-0.05, 0) is 25.8 Å². The van der Waals surface area contributed by atoms with Crippen LogP contribution in [0.5, 0.6) is 0 Å². The van der Waals surface area contributed by atoms with Gasteiger partial charge in [0.1, 0.15) is 5.15 Å². The molecule has 1 fully saturated rings. The minimum Gasteiger partial charge on any atom is -0.481 e. The smallest absolute Gasteiger partial charge is 0.308 e. The molecule has 1 atom stereocenters. The maximum absolute atomic E-state index is 11.0. The third kappa shape index (κ3) is 2.85. The average molecular weight is 256 g/mol. The maximum atomic E-state index is 11.0. The second-order valence-electron chi connectivity index (χ2n) is 4.26. The number of nitrogens with zero attached hydrogens (tertiary/aromatic N) is 3. The van der Waals surface area contributed by atoms with Gasteiger partial charge in [0.2, 0.25) is 5.95 Å². The molecule has 0 amide bonds. The molecule has 5 nitrogen and oxygen atoms in total. The standard InChI is InChI=1S/C11H14ClN3O2/c1-7-5-9(12)14-11(13-7)15-4-2-3-8(6-15)10(16)17/h5,8H,2-4,6H2,1H3,(H,16,17)/t8-/m1/s1. The number of carboxylic acid groups (broad SMARTS) is 1. The molecule has 1 aromatic rings. The lowest BCUT2D eigenvalue weighted by Crippen LogP contribution is -2.39. The number of rotatable bonds is 2. The number of halogens is 1. The van der Waals surface area contributed by atoms with Crippen molar-refractivity contribution >= 4 is 23.5 Å². The molecular weight excluding hydrogens is 242 g/mol. The van der Waals surface area contributed by atoms with Gasteiger partial charge >= 0.3 is 5.97 Å². The van der Waals surface area contributed by atoms with Crippen molar-refractivity contribution in [3.05, 3.63) is 16.9 Å². The Bertz CT molecular complexity index is 418. The van der Waals surface area contributed by atoms with Crippen LogP contribution in [0.4, 0.5) is 5.95 Å². The SMILES string of the molecule is Cc1cc(Cl)nc(N2CCC[C@@H](C(=O)O)C2)n1. The van der Waals surface area contributed by atoms with E-state index in [2.05, 4.69) is 9.97 Å². The van der Waals surface area contributed by atoms with E-state index in [1.165, 1.54) is 0 Å². The predicted octanol–water partition coefficient (Wildman–Crippen LogP) is 1.74. The van der Waals surface area contributed by atoms with Gasteiger partial charge in [0.25, 0.3) is 0 Å². The number of hydrogen-bond donors (Lipinski definition) is 1. The van der Waals surface area contributed by atoms with E-state index in [-0.39, 0.29) is 5.92 Å². The zero-order valence-electron chi connectivity index (χ0n) is 9.56. The molecule has 0 aromatic carbocycles. The van der Waals surface area contributed by atoms with E-state index < -0.39 is 5.97 Å². The summed E-state index contributed by atoms with van der Waals surface area (Å²) in [6, 6.07) is 1.68. The van der Waals surface area contributed by atoms with Crippen LogP contribution in [0.3, 0.4) is 0 Å². The van der Waals surface area contributed by atoms with Crippen LogP contribution in [-0.2, 0) is 4.79 Å². The molecule has 0 saturated carbocycles. The van der Waals surface area contributed by atoms with Gasteiger partial charge in [-0.1, -0.05) is 11.6 Å². The highest BCUT2D eigenvalue weighted by Gasteiger charge is 2.26. The predicted molar refractivity (Wildman–Crippen MR) is 64.4 cm³/mol. The van der Waals surface area contributed by atoms with Crippen LogP contribution in [0, 0.1) is 12.8 Å². The van der Waals surface area contributed by atoms with Gasteiger partial charge < -0.3 is 10.0 Å². The molecule has 2 rings (SSSR count). The summed E-state index contributed by atoms with van der Waals surface area (Å²) in [5, 5.41) is 9.41. The summed E-state index contributed by atoms with van der Waals surface area (Å²) >= 11 is 5.87. The Labute approximate surface area is 104 Å². The molecule has 0 bridgehead atoms. The monoisotopic (exact) mass is 255 g/mol. The van der Waals surface area contributed by atoms with E-state index >= 15 is 0 Å². The van der Waals surface area contributed by atoms with Crippen molar-refractivity contribution < 1.29 is 9.90 Å².